The van der Waals surface area contributed by atoms with Gasteiger partial charge in [-0.05, 0) is 24.5 Å². The van der Waals surface area contributed by atoms with Crippen molar-refractivity contribution in [2.75, 3.05) is 6.54 Å². The number of aromatic nitrogens is 1. The summed E-state index contributed by atoms with van der Waals surface area (Å²) in [5.74, 6) is 0.121. The van der Waals surface area contributed by atoms with Crippen LogP contribution in [0.2, 0.25) is 0 Å². The van der Waals surface area contributed by atoms with E-state index < -0.39 is 0 Å². The van der Waals surface area contributed by atoms with Crippen molar-refractivity contribution in [3.8, 4) is 0 Å². The van der Waals surface area contributed by atoms with Gasteiger partial charge >= 0.3 is 0 Å². The fourth-order valence-corrected chi connectivity index (χ4v) is 1.16. The van der Waals surface area contributed by atoms with Crippen molar-refractivity contribution >= 4 is 5.91 Å². The van der Waals surface area contributed by atoms with Crippen LogP contribution >= 0.6 is 0 Å². The fraction of sp³-hybridized carbons (Fsp3) is 0.455. The van der Waals surface area contributed by atoms with Gasteiger partial charge in [0.25, 0.3) is 0 Å². The predicted octanol–water partition coefficient (Wildman–Crippen LogP) is 1.54. The molecule has 0 unspecified atom stereocenters. The maximum absolute atomic E-state index is 11.2. The number of aryl methyl sites for hydroxylation is 1. The van der Waals surface area contributed by atoms with Gasteiger partial charge in [0.05, 0.1) is 0 Å². The van der Waals surface area contributed by atoms with Crippen LogP contribution in [-0.2, 0) is 11.2 Å². The molecule has 14 heavy (non-hydrogen) atoms. The van der Waals surface area contributed by atoms with Gasteiger partial charge in [0.1, 0.15) is 0 Å². The highest BCUT2D eigenvalue weighted by molar-refractivity contribution is 5.76. The molecular formula is C11H16N2O. The Bertz CT molecular complexity index is 272. The zero-order valence-electron chi connectivity index (χ0n) is 8.49. The Morgan fingerprint density at radius 1 is 1.57 bits per heavy atom. The third kappa shape index (κ3) is 4.03. The van der Waals surface area contributed by atoms with Crippen LogP contribution in [0.4, 0.5) is 0 Å². The van der Waals surface area contributed by atoms with Gasteiger partial charge in [-0.15, -0.1) is 0 Å². The van der Waals surface area contributed by atoms with Gasteiger partial charge < -0.3 is 5.32 Å². The van der Waals surface area contributed by atoms with Gasteiger partial charge in [-0.25, -0.2) is 0 Å². The molecule has 3 nitrogen and oxygen atoms in total. The molecule has 1 N–H and O–H groups in total. The van der Waals surface area contributed by atoms with Crippen molar-refractivity contribution < 1.29 is 4.79 Å². The molecule has 0 aliphatic rings. The Balaban J connectivity index is 2.24. The van der Waals surface area contributed by atoms with Crippen LogP contribution in [0.5, 0.6) is 0 Å². The highest BCUT2D eigenvalue weighted by atomic mass is 16.1. The lowest BCUT2D eigenvalue weighted by atomic mass is 10.1. The quantitative estimate of drug-likeness (QED) is 0.769. The molecule has 3 heteroatoms. The Labute approximate surface area is 84.6 Å². The second-order valence-corrected chi connectivity index (χ2v) is 3.21. The molecule has 1 amide bonds. The summed E-state index contributed by atoms with van der Waals surface area (Å²) >= 11 is 0. The van der Waals surface area contributed by atoms with Gasteiger partial charge in [0.2, 0.25) is 5.91 Å². The summed E-state index contributed by atoms with van der Waals surface area (Å²) in [5, 5.41) is 2.84. The summed E-state index contributed by atoms with van der Waals surface area (Å²) < 4.78 is 0. The van der Waals surface area contributed by atoms with Crippen molar-refractivity contribution in [3.63, 3.8) is 0 Å². The van der Waals surface area contributed by atoms with Crippen molar-refractivity contribution in [1.29, 1.82) is 0 Å². The topological polar surface area (TPSA) is 42.0 Å². The summed E-state index contributed by atoms with van der Waals surface area (Å²) in [6.45, 7) is 2.81. The lowest BCUT2D eigenvalue weighted by Crippen LogP contribution is -2.24. The molecule has 0 radical (unpaired) electrons. The first-order valence-electron chi connectivity index (χ1n) is 4.98. The normalized spacial score (nSPS) is 9.79. The van der Waals surface area contributed by atoms with Crippen LogP contribution in [0, 0.1) is 0 Å². The zero-order valence-corrected chi connectivity index (χ0v) is 8.49. The number of nitrogens with one attached hydrogen (secondary N) is 1. The lowest BCUT2D eigenvalue weighted by Gasteiger charge is -2.02. The van der Waals surface area contributed by atoms with Crippen molar-refractivity contribution in [2.24, 2.45) is 0 Å². The first-order chi connectivity index (χ1) is 6.83. The molecule has 0 aliphatic heterocycles. The van der Waals surface area contributed by atoms with Crippen molar-refractivity contribution in [3.05, 3.63) is 30.1 Å². The third-order valence-electron chi connectivity index (χ3n) is 1.94. The van der Waals surface area contributed by atoms with Crippen LogP contribution in [-0.4, -0.2) is 17.4 Å². The number of amides is 1. The highest BCUT2D eigenvalue weighted by Gasteiger charge is 2.00. The molecule has 1 aromatic heterocycles. The number of carbonyl (C=O) groups is 1. The van der Waals surface area contributed by atoms with E-state index in [9.17, 15) is 4.79 Å². The smallest absolute Gasteiger partial charge is 0.220 e. The molecule has 1 aromatic rings. The minimum Gasteiger partial charge on any atom is -0.356 e. The Morgan fingerprint density at radius 3 is 3.07 bits per heavy atom. The monoisotopic (exact) mass is 192 g/mol. The third-order valence-corrected chi connectivity index (χ3v) is 1.94. The van der Waals surface area contributed by atoms with Crippen LogP contribution in [0.1, 0.15) is 25.3 Å². The zero-order chi connectivity index (χ0) is 10.2. The van der Waals surface area contributed by atoms with Gasteiger partial charge in [0, 0.05) is 25.4 Å². The van der Waals surface area contributed by atoms with Crippen molar-refractivity contribution in [1.82, 2.24) is 10.3 Å². The molecule has 0 saturated heterocycles. The second-order valence-electron chi connectivity index (χ2n) is 3.21. The fourth-order valence-electron chi connectivity index (χ4n) is 1.16. The van der Waals surface area contributed by atoms with Crippen LogP contribution in [0.3, 0.4) is 0 Å². The average molecular weight is 192 g/mol. The van der Waals surface area contributed by atoms with E-state index >= 15 is 0 Å². The molecule has 0 atom stereocenters. The molecule has 0 aliphatic carbocycles. The van der Waals surface area contributed by atoms with E-state index in [2.05, 4.69) is 10.3 Å². The molecule has 0 aromatic carbocycles. The minimum absolute atomic E-state index is 0.121. The Morgan fingerprint density at radius 2 is 2.43 bits per heavy atom. The molecular weight excluding hydrogens is 176 g/mol. The number of carbonyl (C=O) groups excluding carboxylic acids is 1. The molecule has 0 spiro atoms. The minimum atomic E-state index is 0.121. The number of nitrogens with zero attached hydrogens (tertiary/aromatic N) is 1. The molecule has 1 rings (SSSR count). The van der Waals surface area contributed by atoms with E-state index in [-0.39, 0.29) is 5.91 Å². The van der Waals surface area contributed by atoms with Gasteiger partial charge in [-0.2, -0.15) is 0 Å². The second kappa shape index (κ2) is 6.13. The number of hydrogen-bond donors (Lipinski definition) is 1. The Hall–Kier alpha value is -1.38. The first kappa shape index (κ1) is 10.7. The molecule has 0 fully saturated rings. The van der Waals surface area contributed by atoms with E-state index in [4.69, 9.17) is 0 Å². The standard InChI is InChI=1S/C11H16N2O/c1-2-7-13-11(14)6-5-10-4-3-8-12-9-10/h3-4,8-9H,2,5-7H2,1H3,(H,13,14). The van der Waals surface area contributed by atoms with E-state index in [1.165, 1.54) is 0 Å². The van der Waals surface area contributed by atoms with Gasteiger partial charge in [-0.1, -0.05) is 13.0 Å². The SMILES string of the molecule is CCCNC(=O)CCc1cccnc1. The largest absolute Gasteiger partial charge is 0.356 e. The molecule has 0 saturated carbocycles. The predicted molar refractivity (Wildman–Crippen MR) is 55.9 cm³/mol. The summed E-state index contributed by atoms with van der Waals surface area (Å²) in [5.41, 5.74) is 1.11. The van der Waals surface area contributed by atoms with E-state index in [0.717, 1.165) is 24.9 Å². The molecule has 0 bridgehead atoms. The number of hydrogen-bond acceptors (Lipinski definition) is 2. The summed E-state index contributed by atoms with van der Waals surface area (Å²) in [6.07, 6.45) is 5.83. The summed E-state index contributed by atoms with van der Waals surface area (Å²) in [4.78, 5) is 15.2. The lowest BCUT2D eigenvalue weighted by molar-refractivity contribution is -0.121. The maximum atomic E-state index is 11.2. The molecule has 1 heterocycles. The van der Waals surface area contributed by atoms with E-state index in [1.807, 2.05) is 19.1 Å². The first-order valence-corrected chi connectivity index (χ1v) is 4.98. The van der Waals surface area contributed by atoms with E-state index in [0.29, 0.717) is 6.42 Å². The maximum Gasteiger partial charge on any atom is 0.220 e. The number of rotatable bonds is 5. The van der Waals surface area contributed by atoms with Crippen LogP contribution in [0.25, 0.3) is 0 Å². The Kier molecular flexibility index (Phi) is 4.69. The highest BCUT2D eigenvalue weighted by Crippen LogP contribution is 1.99. The summed E-state index contributed by atoms with van der Waals surface area (Å²) in [7, 11) is 0. The van der Waals surface area contributed by atoms with E-state index in [1.54, 1.807) is 12.4 Å². The number of pyridine rings is 1. The average Bonchev–Trinajstić information content (AvgIpc) is 2.25. The summed E-state index contributed by atoms with van der Waals surface area (Å²) in [6, 6.07) is 3.87. The van der Waals surface area contributed by atoms with Gasteiger partial charge in [-0.3, -0.25) is 9.78 Å². The molecule has 76 valence electrons. The van der Waals surface area contributed by atoms with Gasteiger partial charge in [0.15, 0.2) is 0 Å². The van der Waals surface area contributed by atoms with Crippen LogP contribution in [0.15, 0.2) is 24.5 Å². The van der Waals surface area contributed by atoms with Crippen molar-refractivity contribution in [2.45, 2.75) is 26.2 Å². The van der Waals surface area contributed by atoms with Crippen LogP contribution < -0.4 is 5.32 Å².